The minimum atomic E-state index is -2.93. The predicted molar refractivity (Wildman–Crippen MR) is 103 cm³/mol. The number of likely N-dealkylation sites (tertiary alicyclic amines) is 1. The quantitative estimate of drug-likeness (QED) is 0.626. The van der Waals surface area contributed by atoms with Crippen LogP contribution in [0.4, 0.5) is 13.6 Å². The van der Waals surface area contributed by atoms with Gasteiger partial charge in [-0.1, -0.05) is 27.7 Å². The SMILES string of the molecule is O=C(CCc1cc(Br)ccc1OC(F)F)N1CCC(N2C(=O)CSC2=O)CC1. The van der Waals surface area contributed by atoms with Gasteiger partial charge in [0.25, 0.3) is 5.24 Å². The number of imide groups is 1. The molecule has 3 amide bonds. The van der Waals surface area contributed by atoms with Gasteiger partial charge in [-0.25, -0.2) is 0 Å². The average molecular weight is 477 g/mol. The summed E-state index contributed by atoms with van der Waals surface area (Å²) in [7, 11) is 0. The van der Waals surface area contributed by atoms with Crippen LogP contribution in [0.3, 0.4) is 0 Å². The Morgan fingerprint density at radius 1 is 1.29 bits per heavy atom. The van der Waals surface area contributed by atoms with Crippen LogP contribution in [-0.4, -0.2) is 58.3 Å². The van der Waals surface area contributed by atoms with Crippen molar-refractivity contribution in [2.45, 2.75) is 38.3 Å². The Balaban J connectivity index is 1.53. The zero-order chi connectivity index (χ0) is 20.3. The van der Waals surface area contributed by atoms with Gasteiger partial charge in [0.05, 0.1) is 5.75 Å². The molecule has 0 N–H and O–H groups in total. The number of aryl methyl sites for hydroxylation is 1. The Kier molecular flexibility index (Phi) is 6.92. The van der Waals surface area contributed by atoms with Crippen LogP contribution >= 0.6 is 27.7 Å². The van der Waals surface area contributed by atoms with E-state index >= 15 is 0 Å². The monoisotopic (exact) mass is 476 g/mol. The first-order valence-corrected chi connectivity index (χ1v) is 10.6. The molecule has 0 spiro atoms. The molecule has 0 atom stereocenters. The summed E-state index contributed by atoms with van der Waals surface area (Å²) in [5.74, 6) is -0.00249. The van der Waals surface area contributed by atoms with Crippen LogP contribution in [0.2, 0.25) is 0 Å². The second-order valence-corrected chi connectivity index (χ2v) is 8.40. The molecule has 3 rings (SSSR count). The fourth-order valence-corrected chi connectivity index (χ4v) is 4.63. The lowest BCUT2D eigenvalue weighted by atomic mass is 10.0. The zero-order valence-electron chi connectivity index (χ0n) is 14.9. The highest BCUT2D eigenvalue weighted by atomic mass is 79.9. The van der Waals surface area contributed by atoms with Crippen LogP contribution < -0.4 is 4.74 Å². The Bertz CT molecular complexity index is 756. The maximum Gasteiger partial charge on any atom is 0.387 e. The van der Waals surface area contributed by atoms with Gasteiger partial charge in [0.2, 0.25) is 11.8 Å². The number of nitrogens with zero attached hydrogens (tertiary/aromatic N) is 2. The number of hydrogen-bond donors (Lipinski definition) is 0. The fraction of sp³-hybridized carbons (Fsp3) is 0.500. The Labute approximate surface area is 173 Å². The molecule has 1 aromatic carbocycles. The summed E-state index contributed by atoms with van der Waals surface area (Å²) in [6, 6.07) is 4.56. The van der Waals surface area contributed by atoms with Gasteiger partial charge in [0.15, 0.2) is 0 Å². The van der Waals surface area contributed by atoms with E-state index < -0.39 is 6.61 Å². The van der Waals surface area contributed by atoms with Crippen molar-refractivity contribution in [2.24, 2.45) is 0 Å². The number of alkyl halides is 2. The topological polar surface area (TPSA) is 66.9 Å². The van der Waals surface area contributed by atoms with Crippen LogP contribution in [-0.2, 0) is 16.0 Å². The van der Waals surface area contributed by atoms with E-state index in [4.69, 9.17) is 0 Å². The molecule has 0 aliphatic carbocycles. The Hall–Kier alpha value is -1.68. The molecular formula is C18H19BrF2N2O4S. The lowest BCUT2D eigenvalue weighted by molar-refractivity contribution is -0.133. The zero-order valence-corrected chi connectivity index (χ0v) is 17.3. The molecule has 2 heterocycles. The van der Waals surface area contributed by atoms with Crippen molar-refractivity contribution in [3.8, 4) is 5.75 Å². The molecule has 0 bridgehead atoms. The summed E-state index contributed by atoms with van der Waals surface area (Å²) in [4.78, 5) is 39.2. The number of ether oxygens (including phenoxy) is 1. The molecular weight excluding hydrogens is 458 g/mol. The van der Waals surface area contributed by atoms with Crippen molar-refractivity contribution >= 4 is 44.7 Å². The third kappa shape index (κ3) is 5.02. The number of hydrogen-bond acceptors (Lipinski definition) is 5. The Morgan fingerprint density at radius 2 is 2.00 bits per heavy atom. The molecule has 2 aliphatic heterocycles. The molecule has 28 heavy (non-hydrogen) atoms. The highest BCUT2D eigenvalue weighted by molar-refractivity contribution is 9.10. The number of carbonyl (C=O) groups excluding carboxylic acids is 3. The van der Waals surface area contributed by atoms with E-state index in [0.717, 1.165) is 16.2 Å². The van der Waals surface area contributed by atoms with Crippen LogP contribution in [0.5, 0.6) is 5.75 Å². The highest BCUT2D eigenvalue weighted by Gasteiger charge is 2.37. The summed E-state index contributed by atoms with van der Waals surface area (Å²) >= 11 is 4.31. The van der Waals surface area contributed by atoms with Gasteiger partial charge in [-0.05, 0) is 43.0 Å². The van der Waals surface area contributed by atoms with E-state index in [9.17, 15) is 23.2 Å². The largest absolute Gasteiger partial charge is 0.435 e. The molecule has 152 valence electrons. The van der Waals surface area contributed by atoms with Crippen molar-refractivity contribution in [1.29, 1.82) is 0 Å². The second kappa shape index (κ2) is 9.21. The van der Waals surface area contributed by atoms with E-state index in [2.05, 4.69) is 20.7 Å². The van der Waals surface area contributed by atoms with Gasteiger partial charge in [0.1, 0.15) is 5.75 Å². The lowest BCUT2D eigenvalue weighted by Gasteiger charge is -2.35. The smallest absolute Gasteiger partial charge is 0.387 e. The molecule has 0 saturated carbocycles. The minimum Gasteiger partial charge on any atom is -0.435 e. The summed E-state index contributed by atoms with van der Waals surface area (Å²) in [5.41, 5.74) is 0.531. The van der Waals surface area contributed by atoms with Crippen LogP contribution in [0.15, 0.2) is 22.7 Å². The van der Waals surface area contributed by atoms with Crippen molar-refractivity contribution < 1.29 is 27.9 Å². The normalized spacial score (nSPS) is 18.3. The summed E-state index contributed by atoms with van der Waals surface area (Å²) < 4.78 is 30.3. The van der Waals surface area contributed by atoms with Crippen molar-refractivity contribution in [2.75, 3.05) is 18.8 Å². The Morgan fingerprint density at radius 3 is 2.61 bits per heavy atom. The van der Waals surface area contributed by atoms with Crippen LogP contribution in [0, 0.1) is 0 Å². The first-order chi connectivity index (χ1) is 13.3. The van der Waals surface area contributed by atoms with E-state index in [1.807, 2.05) is 0 Å². The number of amides is 3. The summed E-state index contributed by atoms with van der Waals surface area (Å²) in [6.45, 7) is -2.00. The van der Waals surface area contributed by atoms with Crippen LogP contribution in [0.25, 0.3) is 0 Å². The molecule has 0 aromatic heterocycles. The highest BCUT2D eigenvalue weighted by Crippen LogP contribution is 2.28. The number of thioether (sulfide) groups is 1. The van der Waals surface area contributed by atoms with Gasteiger partial charge in [0, 0.05) is 30.0 Å². The predicted octanol–water partition coefficient (Wildman–Crippen LogP) is 3.67. The van der Waals surface area contributed by atoms with Crippen LogP contribution in [0.1, 0.15) is 24.8 Å². The van der Waals surface area contributed by atoms with Gasteiger partial charge >= 0.3 is 6.61 Å². The average Bonchev–Trinajstić information content (AvgIpc) is 3.00. The molecule has 2 aliphatic rings. The van der Waals surface area contributed by atoms with Gasteiger partial charge < -0.3 is 9.64 Å². The third-order valence-corrected chi connectivity index (χ3v) is 6.14. The van der Waals surface area contributed by atoms with Gasteiger partial charge in [-0.3, -0.25) is 19.3 Å². The van der Waals surface area contributed by atoms with E-state index in [-0.39, 0.29) is 47.4 Å². The molecule has 0 unspecified atom stereocenters. The van der Waals surface area contributed by atoms with E-state index in [1.165, 1.54) is 11.0 Å². The van der Waals surface area contributed by atoms with Crippen molar-refractivity contribution in [3.63, 3.8) is 0 Å². The minimum absolute atomic E-state index is 0.0632. The number of piperidine rings is 1. The lowest BCUT2D eigenvalue weighted by Crippen LogP contribution is -2.48. The maximum atomic E-state index is 12.5. The second-order valence-electron chi connectivity index (χ2n) is 6.56. The first kappa shape index (κ1) is 21.0. The van der Waals surface area contributed by atoms with Crippen molar-refractivity contribution in [3.05, 3.63) is 28.2 Å². The summed E-state index contributed by atoms with van der Waals surface area (Å²) in [5, 5.41) is -0.212. The van der Waals surface area contributed by atoms with E-state index in [1.54, 1.807) is 17.0 Å². The van der Waals surface area contributed by atoms with Crippen molar-refractivity contribution in [1.82, 2.24) is 9.80 Å². The number of halogens is 3. The number of rotatable bonds is 6. The molecule has 6 nitrogen and oxygen atoms in total. The third-order valence-electron chi connectivity index (χ3n) is 4.81. The molecule has 10 heteroatoms. The molecule has 1 aromatic rings. The molecule has 0 radical (unpaired) electrons. The summed E-state index contributed by atoms with van der Waals surface area (Å²) in [6.07, 6.45) is 1.55. The molecule has 2 saturated heterocycles. The number of carbonyl (C=O) groups is 3. The van der Waals surface area contributed by atoms with Gasteiger partial charge in [-0.2, -0.15) is 8.78 Å². The van der Waals surface area contributed by atoms with Gasteiger partial charge in [-0.15, -0.1) is 0 Å². The molecule has 2 fully saturated rings. The number of benzene rings is 1. The first-order valence-electron chi connectivity index (χ1n) is 8.85. The maximum absolute atomic E-state index is 12.5. The standard InChI is InChI=1S/C18H19BrF2N2O4S/c19-12-2-3-14(27-17(20)21)11(9-12)1-4-15(24)22-7-5-13(6-8-22)23-16(25)10-28-18(23)26/h2-3,9,13,17H,1,4-8,10H2. The van der Waals surface area contributed by atoms with E-state index in [0.29, 0.717) is 31.5 Å². The fourth-order valence-electron chi connectivity index (χ4n) is 3.44.